The predicted molar refractivity (Wildman–Crippen MR) is 132 cm³/mol. The molecule has 32 heavy (non-hydrogen) atoms. The van der Waals surface area contributed by atoms with Crippen molar-refractivity contribution in [3.05, 3.63) is 36.4 Å². The van der Waals surface area contributed by atoms with Crippen LogP contribution in [0, 0.1) is 0 Å². The minimum atomic E-state index is -3.60. The molecule has 0 heterocycles. The number of hydrogen-bond donors (Lipinski definition) is 1. The lowest BCUT2D eigenvalue weighted by Gasteiger charge is -2.25. The van der Waals surface area contributed by atoms with Gasteiger partial charge in [-0.1, -0.05) is 24.3 Å². The molecule has 2 rings (SSSR count). The Morgan fingerprint density at radius 2 is 1.47 bits per heavy atom. The zero-order chi connectivity index (χ0) is 23.8. The zero-order valence-corrected chi connectivity index (χ0v) is 21.9. The van der Waals surface area contributed by atoms with Gasteiger partial charge in [-0.25, -0.2) is 13.1 Å². The maximum Gasteiger partial charge on any atom is 0.500 e. The van der Waals surface area contributed by atoms with Crippen molar-refractivity contribution >= 4 is 35.3 Å². The topological polar surface area (TPSA) is 80.3 Å². The Bertz CT molecular complexity index is 959. The summed E-state index contributed by atoms with van der Waals surface area (Å²) in [6.45, 7) is 2.02. The van der Waals surface area contributed by atoms with Gasteiger partial charge in [0.25, 0.3) is 0 Å². The second kappa shape index (κ2) is 12.1. The monoisotopic (exact) mass is 483 g/mol. The molecule has 2 aromatic rings. The van der Waals surface area contributed by atoms with Crippen LogP contribution in [0.25, 0.3) is 10.8 Å². The van der Waals surface area contributed by atoms with Gasteiger partial charge in [0, 0.05) is 64.5 Å². The van der Waals surface area contributed by atoms with E-state index in [1.807, 2.05) is 50.3 Å². The zero-order valence-electron chi connectivity index (χ0n) is 20.1. The maximum atomic E-state index is 13.0. The van der Waals surface area contributed by atoms with Crippen LogP contribution in [0.4, 0.5) is 5.69 Å². The summed E-state index contributed by atoms with van der Waals surface area (Å²) in [5.41, 5.74) is 0.990. The predicted octanol–water partition coefficient (Wildman–Crippen LogP) is 2.77. The van der Waals surface area contributed by atoms with Crippen molar-refractivity contribution in [3.8, 4) is 0 Å². The van der Waals surface area contributed by atoms with Crippen molar-refractivity contribution in [1.82, 2.24) is 9.62 Å². The average Bonchev–Trinajstić information content (AvgIpc) is 2.79. The van der Waals surface area contributed by atoms with E-state index in [0.29, 0.717) is 17.9 Å². The highest BCUT2D eigenvalue weighted by atomic mass is 32.2. The molecule has 0 aliphatic rings. The molecule has 0 radical (unpaired) electrons. The van der Waals surface area contributed by atoms with E-state index in [2.05, 4.69) is 9.62 Å². The lowest BCUT2D eigenvalue weighted by atomic mass is 10.1. The summed E-state index contributed by atoms with van der Waals surface area (Å²) in [7, 11) is 4.63. The Hall–Kier alpha value is -1.53. The molecule has 0 aromatic heterocycles. The molecule has 180 valence electrons. The molecule has 0 saturated carbocycles. The van der Waals surface area contributed by atoms with Crippen LogP contribution >= 0.6 is 0 Å². The molecule has 0 atom stereocenters. The largest absolute Gasteiger partial charge is 0.500 e. The molecule has 0 fully saturated rings. The first-order valence-electron chi connectivity index (χ1n) is 10.7. The van der Waals surface area contributed by atoms with Crippen molar-refractivity contribution in [3.63, 3.8) is 0 Å². The number of nitrogens with zero attached hydrogens (tertiary/aromatic N) is 2. The van der Waals surface area contributed by atoms with E-state index in [1.54, 1.807) is 33.5 Å². The van der Waals surface area contributed by atoms with Crippen LogP contribution in [-0.4, -0.2) is 84.2 Å². The maximum absolute atomic E-state index is 13.0. The summed E-state index contributed by atoms with van der Waals surface area (Å²) in [5.74, 6) is 0. The van der Waals surface area contributed by atoms with Gasteiger partial charge in [0.15, 0.2) is 0 Å². The summed E-state index contributed by atoms with van der Waals surface area (Å²) in [6.07, 6.45) is 1.60. The van der Waals surface area contributed by atoms with Gasteiger partial charge in [-0.3, -0.25) is 0 Å². The number of benzene rings is 2. The van der Waals surface area contributed by atoms with Gasteiger partial charge in [0.05, 0.1) is 4.90 Å². The summed E-state index contributed by atoms with van der Waals surface area (Å²) < 4.78 is 45.0. The second-order valence-electron chi connectivity index (χ2n) is 7.98. The molecule has 0 unspecified atom stereocenters. The lowest BCUT2D eigenvalue weighted by molar-refractivity contribution is 0.122. The third-order valence-electron chi connectivity index (χ3n) is 5.59. The van der Waals surface area contributed by atoms with E-state index >= 15 is 0 Å². The van der Waals surface area contributed by atoms with Crippen LogP contribution in [-0.2, 0) is 23.3 Å². The first kappa shape index (κ1) is 26.7. The molecular formula is C22H37N3O5SSi. The quantitative estimate of drug-likeness (QED) is 0.327. The number of anilines is 1. The van der Waals surface area contributed by atoms with Crippen LogP contribution in [0.5, 0.6) is 0 Å². The van der Waals surface area contributed by atoms with Crippen molar-refractivity contribution < 1.29 is 21.7 Å². The van der Waals surface area contributed by atoms with Crippen LogP contribution in [0.1, 0.15) is 12.8 Å². The third-order valence-corrected chi connectivity index (χ3v) is 9.95. The first-order chi connectivity index (χ1) is 15.2. The molecule has 8 nitrogen and oxygen atoms in total. The van der Waals surface area contributed by atoms with Gasteiger partial charge in [0.2, 0.25) is 10.0 Å². The Morgan fingerprint density at radius 3 is 2.09 bits per heavy atom. The highest BCUT2D eigenvalue weighted by Gasteiger charge is 2.36. The van der Waals surface area contributed by atoms with E-state index in [4.69, 9.17) is 13.3 Å². The highest BCUT2D eigenvalue weighted by molar-refractivity contribution is 7.89. The Morgan fingerprint density at radius 1 is 0.875 bits per heavy atom. The van der Waals surface area contributed by atoms with E-state index < -0.39 is 18.8 Å². The van der Waals surface area contributed by atoms with Gasteiger partial charge in [-0.2, -0.15) is 0 Å². The molecule has 10 heteroatoms. The first-order valence-corrected chi connectivity index (χ1v) is 14.1. The number of fused-ring (bicyclic) bond motifs is 1. The molecule has 2 aromatic carbocycles. The molecular weight excluding hydrogens is 446 g/mol. The van der Waals surface area contributed by atoms with E-state index in [-0.39, 0.29) is 0 Å². The van der Waals surface area contributed by atoms with Crippen LogP contribution < -0.4 is 9.62 Å². The molecule has 0 aliphatic carbocycles. The summed E-state index contributed by atoms with van der Waals surface area (Å²) in [4.78, 5) is 4.47. The minimum Gasteiger partial charge on any atom is -0.377 e. The fourth-order valence-electron chi connectivity index (χ4n) is 3.76. The minimum absolute atomic E-state index is 0.312. The van der Waals surface area contributed by atoms with Crippen molar-refractivity contribution in [2.24, 2.45) is 0 Å². The van der Waals surface area contributed by atoms with Gasteiger partial charge in [-0.05, 0) is 45.1 Å². The highest BCUT2D eigenvalue weighted by Crippen LogP contribution is 2.30. The summed E-state index contributed by atoms with van der Waals surface area (Å²) in [6, 6.07) is 11.9. The van der Waals surface area contributed by atoms with Gasteiger partial charge in [-0.15, -0.1) is 0 Å². The molecule has 0 bridgehead atoms. The Balaban J connectivity index is 1.90. The molecule has 0 amide bonds. The van der Waals surface area contributed by atoms with E-state index in [9.17, 15) is 8.42 Å². The molecule has 1 N–H and O–H groups in total. The standard InChI is InChI=1S/C22H37N3O5SSi/c1-24(2)21-13-7-12-20-19(21)11-8-14-22(20)31(26,27)23-15-9-16-25(3)17-10-18-32(28-4,29-5)30-6/h7-8,11-14,23H,9-10,15-18H2,1-6H3. The van der Waals surface area contributed by atoms with Gasteiger partial charge in [0.1, 0.15) is 0 Å². The van der Waals surface area contributed by atoms with Crippen molar-refractivity contribution in [2.75, 3.05) is 67.0 Å². The number of sulfonamides is 1. The Kier molecular flexibility index (Phi) is 10.1. The molecule has 0 aliphatic heterocycles. The van der Waals surface area contributed by atoms with E-state index in [0.717, 1.165) is 42.0 Å². The van der Waals surface area contributed by atoms with Gasteiger partial charge >= 0.3 is 8.80 Å². The molecule has 0 spiro atoms. The lowest BCUT2D eigenvalue weighted by Crippen LogP contribution is -2.43. The Labute approximate surface area is 193 Å². The van der Waals surface area contributed by atoms with Crippen LogP contribution in [0.2, 0.25) is 6.04 Å². The van der Waals surface area contributed by atoms with Crippen molar-refractivity contribution in [1.29, 1.82) is 0 Å². The fourth-order valence-corrected chi connectivity index (χ4v) is 6.75. The fraction of sp³-hybridized carbons (Fsp3) is 0.545. The molecule has 0 saturated heterocycles. The van der Waals surface area contributed by atoms with Crippen molar-refractivity contribution in [2.45, 2.75) is 23.8 Å². The second-order valence-corrected chi connectivity index (χ2v) is 12.8. The normalized spacial score (nSPS) is 12.6. The van der Waals surface area contributed by atoms with E-state index in [1.165, 1.54) is 0 Å². The SMILES string of the molecule is CO[Si](CCCN(C)CCCNS(=O)(=O)c1cccc2c(N(C)C)cccc12)(OC)OC. The van der Waals surface area contributed by atoms with Crippen LogP contribution in [0.15, 0.2) is 41.3 Å². The third kappa shape index (κ3) is 6.74. The number of hydrogen-bond acceptors (Lipinski definition) is 7. The summed E-state index contributed by atoms with van der Waals surface area (Å²) >= 11 is 0. The van der Waals surface area contributed by atoms with Crippen LogP contribution in [0.3, 0.4) is 0 Å². The summed E-state index contributed by atoms with van der Waals surface area (Å²) in [5, 5.41) is 1.65. The number of nitrogens with one attached hydrogen (secondary N) is 1. The smallest absolute Gasteiger partial charge is 0.377 e. The van der Waals surface area contributed by atoms with Gasteiger partial charge < -0.3 is 23.1 Å². The average molecular weight is 484 g/mol. The number of rotatable bonds is 14.